The summed E-state index contributed by atoms with van der Waals surface area (Å²) in [7, 11) is 0. The van der Waals surface area contributed by atoms with Crippen molar-refractivity contribution in [2.45, 2.75) is 38.8 Å². The zero-order chi connectivity index (χ0) is 19.1. The van der Waals surface area contributed by atoms with Gasteiger partial charge in [-0.25, -0.2) is 9.59 Å². The highest BCUT2D eigenvalue weighted by Crippen LogP contribution is 2.19. The molecule has 0 spiro atoms. The second-order valence-corrected chi connectivity index (χ2v) is 6.16. The Bertz CT molecular complexity index is 800. The second-order valence-electron chi connectivity index (χ2n) is 6.16. The van der Waals surface area contributed by atoms with Gasteiger partial charge in [0.1, 0.15) is 6.04 Å². The summed E-state index contributed by atoms with van der Waals surface area (Å²) in [4.78, 5) is 34.0. The van der Waals surface area contributed by atoms with Crippen LogP contribution >= 0.6 is 0 Å². The topological polar surface area (TPSA) is 126 Å². The van der Waals surface area contributed by atoms with Gasteiger partial charge in [-0.3, -0.25) is 4.79 Å². The van der Waals surface area contributed by atoms with E-state index in [1.165, 1.54) is 5.56 Å². The molecule has 1 aromatic heterocycles. The van der Waals surface area contributed by atoms with Crippen molar-refractivity contribution in [2.24, 2.45) is 5.73 Å². The van der Waals surface area contributed by atoms with Crippen LogP contribution in [0.25, 0.3) is 10.9 Å². The van der Waals surface area contributed by atoms with Gasteiger partial charge in [0.05, 0.1) is 0 Å². The van der Waals surface area contributed by atoms with Crippen LogP contribution in [0.1, 0.15) is 24.8 Å². The van der Waals surface area contributed by atoms with E-state index >= 15 is 0 Å². The van der Waals surface area contributed by atoms with E-state index in [4.69, 9.17) is 5.73 Å². The number of carbonyl (C=O) groups is 3. The van der Waals surface area contributed by atoms with Gasteiger partial charge in [0.15, 0.2) is 0 Å². The predicted molar refractivity (Wildman–Crippen MR) is 97.7 cm³/mol. The summed E-state index contributed by atoms with van der Waals surface area (Å²) in [5, 5.41) is 15.3. The Balaban J connectivity index is 1.86. The molecule has 8 nitrogen and oxygen atoms in total. The van der Waals surface area contributed by atoms with Crippen molar-refractivity contribution in [1.29, 1.82) is 0 Å². The first-order valence-corrected chi connectivity index (χ1v) is 8.48. The van der Waals surface area contributed by atoms with E-state index in [2.05, 4.69) is 10.6 Å². The monoisotopic (exact) mass is 360 g/mol. The number of carboxylic acid groups (broad SMARTS) is 1. The van der Waals surface area contributed by atoms with Crippen LogP contribution in [0.4, 0.5) is 4.79 Å². The van der Waals surface area contributed by atoms with Crippen LogP contribution in [-0.4, -0.2) is 40.2 Å². The number of primary amides is 1. The molecule has 0 saturated carbocycles. The number of hydrogen-bond acceptors (Lipinski definition) is 3. The molecule has 8 heteroatoms. The molecule has 2 aromatic rings. The lowest BCUT2D eigenvalue weighted by Gasteiger charge is -2.15. The lowest BCUT2D eigenvalue weighted by Crippen LogP contribution is -2.41. The Morgan fingerprint density at radius 2 is 2.04 bits per heavy atom. The van der Waals surface area contributed by atoms with Crippen LogP contribution in [-0.2, 0) is 16.1 Å². The van der Waals surface area contributed by atoms with Crippen LogP contribution < -0.4 is 16.4 Å². The first-order chi connectivity index (χ1) is 12.4. The lowest BCUT2D eigenvalue weighted by atomic mass is 10.1. The molecule has 1 atom stereocenters. The number of hydrogen-bond donors (Lipinski definition) is 4. The molecule has 140 valence electrons. The zero-order valence-electron chi connectivity index (χ0n) is 14.7. The normalized spacial score (nSPS) is 11.9. The minimum atomic E-state index is -1.10. The third-order valence-corrected chi connectivity index (χ3v) is 4.21. The number of fused-ring (bicyclic) bond motifs is 1. The smallest absolute Gasteiger partial charge is 0.326 e. The molecular weight excluding hydrogens is 336 g/mol. The first kappa shape index (κ1) is 19.3. The van der Waals surface area contributed by atoms with Gasteiger partial charge in [0.25, 0.3) is 0 Å². The number of urea groups is 1. The van der Waals surface area contributed by atoms with Gasteiger partial charge >= 0.3 is 12.0 Å². The number of nitrogens with zero attached hydrogens (tertiary/aromatic N) is 1. The SMILES string of the molecule is Cc1cccc2c1ccn2CCC(=O)NC(CCCNC(N)=O)C(=O)O. The average molecular weight is 360 g/mol. The molecule has 0 saturated heterocycles. The highest BCUT2D eigenvalue weighted by atomic mass is 16.4. The fourth-order valence-corrected chi connectivity index (χ4v) is 2.84. The number of rotatable bonds is 9. The largest absolute Gasteiger partial charge is 0.480 e. The number of amides is 3. The van der Waals surface area contributed by atoms with E-state index in [1.54, 1.807) is 0 Å². The molecule has 0 aliphatic heterocycles. The van der Waals surface area contributed by atoms with Crippen molar-refractivity contribution in [1.82, 2.24) is 15.2 Å². The predicted octanol–water partition coefficient (Wildman–Crippen LogP) is 1.36. The minimum Gasteiger partial charge on any atom is -0.480 e. The quantitative estimate of drug-likeness (QED) is 0.504. The number of aromatic nitrogens is 1. The minimum absolute atomic E-state index is 0.182. The Morgan fingerprint density at radius 1 is 1.27 bits per heavy atom. The van der Waals surface area contributed by atoms with Crippen LogP contribution in [0.15, 0.2) is 30.5 Å². The van der Waals surface area contributed by atoms with Crippen LogP contribution in [0.5, 0.6) is 0 Å². The summed E-state index contributed by atoms with van der Waals surface area (Å²) < 4.78 is 1.98. The van der Waals surface area contributed by atoms with E-state index in [9.17, 15) is 19.5 Å². The molecular formula is C18H24N4O4. The molecule has 0 aliphatic carbocycles. The van der Waals surface area contributed by atoms with Gasteiger partial charge in [0.2, 0.25) is 5.91 Å². The molecule has 1 aromatic carbocycles. The highest BCUT2D eigenvalue weighted by Gasteiger charge is 2.19. The molecule has 0 radical (unpaired) electrons. The van der Waals surface area contributed by atoms with Gasteiger partial charge in [-0.1, -0.05) is 12.1 Å². The van der Waals surface area contributed by atoms with Crippen LogP contribution in [0.2, 0.25) is 0 Å². The number of carboxylic acids is 1. The maximum atomic E-state index is 12.1. The standard InChI is InChI=1S/C18H24N4O4/c1-12-4-2-6-15-13(12)7-10-22(15)11-8-16(23)21-14(17(24)25)5-3-9-20-18(19)26/h2,4,6-7,10,14H,3,5,8-9,11H2,1H3,(H,21,23)(H,24,25)(H3,19,20,26). The molecule has 3 amide bonds. The fourth-order valence-electron chi connectivity index (χ4n) is 2.84. The Kier molecular flexibility index (Phi) is 6.60. The van der Waals surface area contributed by atoms with Gasteiger partial charge < -0.3 is 26.0 Å². The molecule has 0 aliphatic rings. The molecule has 26 heavy (non-hydrogen) atoms. The van der Waals surface area contributed by atoms with Crippen molar-refractivity contribution >= 4 is 28.8 Å². The maximum Gasteiger partial charge on any atom is 0.326 e. The number of nitrogens with one attached hydrogen (secondary N) is 2. The third-order valence-electron chi connectivity index (χ3n) is 4.21. The summed E-state index contributed by atoms with van der Waals surface area (Å²) in [5.41, 5.74) is 7.16. The lowest BCUT2D eigenvalue weighted by molar-refractivity contribution is -0.142. The van der Waals surface area contributed by atoms with E-state index in [-0.39, 0.29) is 25.3 Å². The van der Waals surface area contributed by atoms with Gasteiger partial charge in [-0.05, 0) is 37.5 Å². The van der Waals surface area contributed by atoms with Crippen LogP contribution in [0, 0.1) is 6.92 Å². The Labute approximate surface area is 151 Å². The molecule has 0 bridgehead atoms. The third kappa shape index (κ3) is 5.23. The van der Waals surface area contributed by atoms with Crippen LogP contribution in [0.3, 0.4) is 0 Å². The second kappa shape index (κ2) is 8.89. The Morgan fingerprint density at radius 3 is 2.73 bits per heavy atom. The van der Waals surface area contributed by atoms with Gasteiger partial charge in [-0.2, -0.15) is 0 Å². The van der Waals surface area contributed by atoms with E-state index in [1.807, 2.05) is 42.0 Å². The summed E-state index contributed by atoms with van der Waals surface area (Å²) in [6, 6.07) is 6.36. The number of aryl methyl sites for hydroxylation is 2. The molecule has 2 rings (SSSR count). The molecule has 1 unspecified atom stereocenters. The first-order valence-electron chi connectivity index (χ1n) is 8.48. The zero-order valence-corrected chi connectivity index (χ0v) is 14.7. The van der Waals surface area contributed by atoms with Crippen molar-refractivity contribution in [2.75, 3.05) is 6.54 Å². The molecule has 5 N–H and O–H groups in total. The number of nitrogens with two attached hydrogens (primary N) is 1. The van der Waals surface area contributed by atoms with Crippen molar-refractivity contribution in [3.63, 3.8) is 0 Å². The summed E-state index contributed by atoms with van der Waals surface area (Å²) in [6.45, 7) is 2.77. The summed E-state index contributed by atoms with van der Waals surface area (Å²) in [6.07, 6.45) is 2.73. The van der Waals surface area contributed by atoms with Crippen molar-refractivity contribution < 1.29 is 19.5 Å². The van der Waals surface area contributed by atoms with Gasteiger partial charge in [0, 0.05) is 36.6 Å². The van der Waals surface area contributed by atoms with E-state index in [0.717, 1.165) is 10.9 Å². The number of benzene rings is 1. The molecule has 1 heterocycles. The number of carbonyl (C=O) groups excluding carboxylic acids is 2. The van der Waals surface area contributed by atoms with E-state index in [0.29, 0.717) is 13.0 Å². The highest BCUT2D eigenvalue weighted by molar-refractivity contribution is 5.85. The molecule has 0 fully saturated rings. The van der Waals surface area contributed by atoms with Gasteiger partial charge in [-0.15, -0.1) is 0 Å². The van der Waals surface area contributed by atoms with E-state index < -0.39 is 18.0 Å². The fraction of sp³-hybridized carbons (Fsp3) is 0.389. The van der Waals surface area contributed by atoms with Crippen molar-refractivity contribution in [3.05, 3.63) is 36.0 Å². The Hall–Kier alpha value is -3.03. The summed E-state index contributed by atoms with van der Waals surface area (Å²) in [5.74, 6) is -1.42. The maximum absolute atomic E-state index is 12.1. The van der Waals surface area contributed by atoms with Crippen molar-refractivity contribution in [3.8, 4) is 0 Å². The number of aliphatic carboxylic acids is 1. The summed E-state index contributed by atoms with van der Waals surface area (Å²) >= 11 is 0. The average Bonchev–Trinajstić information content (AvgIpc) is 3.00.